The second kappa shape index (κ2) is 6.76. The molecule has 1 fully saturated rings. The van der Waals surface area contributed by atoms with Gasteiger partial charge in [-0.15, -0.1) is 0 Å². The average Bonchev–Trinajstić information content (AvgIpc) is 3.25. The van der Waals surface area contributed by atoms with Gasteiger partial charge < -0.3 is 24.8 Å². The third-order valence-electron chi connectivity index (χ3n) is 5.72. The number of anilines is 1. The summed E-state index contributed by atoms with van der Waals surface area (Å²) in [5.74, 6) is -2.25. The highest BCUT2D eigenvalue weighted by molar-refractivity contribution is 5.71. The third kappa shape index (κ3) is 3.02. The number of amides is 1. The summed E-state index contributed by atoms with van der Waals surface area (Å²) in [7, 11) is 1.29. The number of hydrogen-bond acceptors (Lipinski definition) is 7. The van der Waals surface area contributed by atoms with Crippen molar-refractivity contribution in [2.75, 3.05) is 31.7 Å². The first-order valence-corrected chi connectivity index (χ1v) is 9.69. The Morgan fingerprint density at radius 2 is 2.17 bits per heavy atom. The van der Waals surface area contributed by atoms with Crippen LogP contribution in [-0.4, -0.2) is 54.1 Å². The molecular formula is C20H20F2N4O4. The van der Waals surface area contributed by atoms with Gasteiger partial charge in [-0.25, -0.2) is 14.8 Å². The van der Waals surface area contributed by atoms with E-state index in [-0.39, 0.29) is 37.1 Å². The molecule has 1 amide bonds. The molecular weight excluding hydrogens is 398 g/mol. The molecule has 0 bridgehead atoms. The van der Waals surface area contributed by atoms with Crippen LogP contribution >= 0.6 is 0 Å². The van der Waals surface area contributed by atoms with Crippen LogP contribution in [0, 0.1) is 0 Å². The lowest BCUT2D eigenvalue weighted by atomic mass is 10.0. The number of aromatic nitrogens is 2. The molecule has 1 saturated heterocycles. The van der Waals surface area contributed by atoms with Gasteiger partial charge in [-0.2, -0.15) is 8.78 Å². The van der Waals surface area contributed by atoms with Crippen LogP contribution in [0.1, 0.15) is 29.3 Å². The molecule has 3 aliphatic rings. The summed E-state index contributed by atoms with van der Waals surface area (Å²) in [4.78, 5) is 21.9. The Hall–Kier alpha value is -3.01. The van der Waals surface area contributed by atoms with E-state index in [0.29, 0.717) is 35.7 Å². The van der Waals surface area contributed by atoms with E-state index in [1.54, 1.807) is 23.1 Å². The Labute approximate surface area is 170 Å². The molecule has 5 rings (SSSR count). The van der Waals surface area contributed by atoms with Crippen LogP contribution < -0.4 is 15.0 Å². The van der Waals surface area contributed by atoms with E-state index in [4.69, 9.17) is 4.74 Å². The maximum Gasteiger partial charge on any atom is 0.407 e. The largest absolute Gasteiger partial charge is 0.491 e. The van der Waals surface area contributed by atoms with E-state index < -0.39 is 18.1 Å². The second-order valence-corrected chi connectivity index (χ2v) is 7.71. The van der Waals surface area contributed by atoms with Crippen molar-refractivity contribution in [1.82, 2.24) is 15.3 Å². The monoisotopic (exact) mass is 418 g/mol. The van der Waals surface area contributed by atoms with Gasteiger partial charge in [0.25, 0.3) is 5.92 Å². The van der Waals surface area contributed by atoms with E-state index in [0.717, 1.165) is 5.56 Å². The molecule has 1 aromatic carbocycles. The number of alkyl carbamates (subject to hydrolysis) is 1. The number of hydrogen-bond donors (Lipinski definition) is 2. The lowest BCUT2D eigenvalue weighted by Gasteiger charge is -2.36. The van der Waals surface area contributed by atoms with Gasteiger partial charge in [-0.05, 0) is 12.5 Å². The van der Waals surface area contributed by atoms with E-state index in [1.807, 2.05) is 0 Å². The minimum absolute atomic E-state index is 0.186. The SMILES string of the molecule is COC(=O)NC1COc2cc(-c3nc(N4CC(O)C4)nc4c3CCC4(F)F)ccc21. The van der Waals surface area contributed by atoms with Crippen molar-refractivity contribution in [3.8, 4) is 17.0 Å². The Morgan fingerprint density at radius 1 is 1.37 bits per heavy atom. The van der Waals surface area contributed by atoms with Gasteiger partial charge in [0, 0.05) is 36.2 Å². The van der Waals surface area contributed by atoms with Crippen LogP contribution in [0.5, 0.6) is 5.75 Å². The fourth-order valence-corrected chi connectivity index (χ4v) is 4.09. The highest BCUT2D eigenvalue weighted by atomic mass is 19.3. The summed E-state index contributed by atoms with van der Waals surface area (Å²) in [6.45, 7) is 0.890. The van der Waals surface area contributed by atoms with Gasteiger partial charge in [-0.1, -0.05) is 12.1 Å². The number of rotatable bonds is 3. The van der Waals surface area contributed by atoms with Crippen LogP contribution in [-0.2, 0) is 17.1 Å². The number of halogens is 2. The number of ether oxygens (including phenoxy) is 2. The third-order valence-corrected chi connectivity index (χ3v) is 5.72. The zero-order valence-corrected chi connectivity index (χ0v) is 16.2. The molecule has 158 valence electrons. The molecule has 1 aliphatic carbocycles. The number of aliphatic hydroxyl groups is 1. The summed E-state index contributed by atoms with van der Waals surface area (Å²) >= 11 is 0. The molecule has 30 heavy (non-hydrogen) atoms. The first kappa shape index (κ1) is 19.0. The van der Waals surface area contributed by atoms with Crippen molar-refractivity contribution in [3.63, 3.8) is 0 Å². The predicted molar refractivity (Wildman–Crippen MR) is 102 cm³/mol. The maximum absolute atomic E-state index is 14.5. The Morgan fingerprint density at radius 3 is 2.90 bits per heavy atom. The predicted octanol–water partition coefficient (Wildman–Crippen LogP) is 2.15. The van der Waals surface area contributed by atoms with E-state index >= 15 is 0 Å². The van der Waals surface area contributed by atoms with Crippen molar-refractivity contribution in [3.05, 3.63) is 35.0 Å². The number of carbonyl (C=O) groups is 1. The first-order chi connectivity index (χ1) is 14.4. The van der Waals surface area contributed by atoms with Gasteiger partial charge in [0.05, 0.1) is 24.9 Å². The van der Waals surface area contributed by atoms with E-state index in [1.165, 1.54) is 7.11 Å². The van der Waals surface area contributed by atoms with Gasteiger partial charge in [-0.3, -0.25) is 0 Å². The summed E-state index contributed by atoms with van der Waals surface area (Å²) in [5, 5.41) is 12.3. The molecule has 1 atom stereocenters. The molecule has 2 aromatic rings. The minimum Gasteiger partial charge on any atom is -0.491 e. The summed E-state index contributed by atoms with van der Waals surface area (Å²) < 4.78 is 39.3. The number of aliphatic hydroxyl groups excluding tert-OH is 1. The van der Waals surface area contributed by atoms with Gasteiger partial charge in [0.2, 0.25) is 5.95 Å². The Kier molecular flexibility index (Phi) is 4.28. The zero-order chi connectivity index (χ0) is 21.0. The van der Waals surface area contributed by atoms with Gasteiger partial charge in [0.15, 0.2) is 0 Å². The van der Waals surface area contributed by atoms with E-state index in [2.05, 4.69) is 20.0 Å². The fraction of sp³-hybridized carbons (Fsp3) is 0.450. The van der Waals surface area contributed by atoms with Crippen molar-refractivity contribution in [2.45, 2.75) is 30.9 Å². The molecule has 0 saturated carbocycles. The van der Waals surface area contributed by atoms with Crippen molar-refractivity contribution in [1.29, 1.82) is 0 Å². The standard InChI is InChI=1S/C20H20F2N4O4/c1-29-19(28)23-14-9-30-15-6-10(2-3-12(14)15)16-13-4-5-20(21,22)17(13)25-18(24-16)26-7-11(27)8-26/h2-3,6,11,14,27H,4-5,7-9H2,1H3,(H,23,28). The number of carbonyl (C=O) groups excluding carboxylic acids is 1. The van der Waals surface area contributed by atoms with Crippen LogP contribution in [0.25, 0.3) is 11.3 Å². The average molecular weight is 418 g/mol. The second-order valence-electron chi connectivity index (χ2n) is 7.71. The summed E-state index contributed by atoms with van der Waals surface area (Å²) in [6.07, 6.45) is -1.18. The smallest absolute Gasteiger partial charge is 0.407 e. The highest BCUT2D eigenvalue weighted by Crippen LogP contribution is 2.45. The van der Waals surface area contributed by atoms with Crippen LogP contribution in [0.15, 0.2) is 18.2 Å². The van der Waals surface area contributed by atoms with Crippen LogP contribution in [0.4, 0.5) is 19.5 Å². The molecule has 2 aliphatic heterocycles. The Bertz CT molecular complexity index is 1030. The van der Waals surface area contributed by atoms with Crippen molar-refractivity contribution < 1.29 is 28.2 Å². The van der Waals surface area contributed by atoms with Crippen molar-refractivity contribution >= 4 is 12.0 Å². The molecule has 8 nitrogen and oxygen atoms in total. The molecule has 0 radical (unpaired) electrons. The molecule has 1 unspecified atom stereocenters. The summed E-state index contributed by atoms with van der Waals surface area (Å²) in [6, 6.07) is 4.99. The molecule has 2 N–H and O–H groups in total. The zero-order valence-electron chi connectivity index (χ0n) is 16.2. The molecule has 0 spiro atoms. The number of nitrogens with one attached hydrogen (secondary N) is 1. The summed E-state index contributed by atoms with van der Waals surface area (Å²) in [5.41, 5.74) is 2.07. The number of benzene rings is 1. The lowest BCUT2D eigenvalue weighted by Crippen LogP contribution is -2.51. The molecule has 10 heteroatoms. The van der Waals surface area contributed by atoms with Gasteiger partial charge in [0.1, 0.15) is 18.1 Å². The topological polar surface area (TPSA) is 96.8 Å². The normalized spacial score (nSPS) is 21.5. The number of nitrogens with zero attached hydrogens (tertiary/aromatic N) is 3. The van der Waals surface area contributed by atoms with E-state index in [9.17, 15) is 18.7 Å². The van der Waals surface area contributed by atoms with Crippen LogP contribution in [0.2, 0.25) is 0 Å². The number of β-amino-alcohol motifs (C(OH)–C–C–N with tert-alkyl or cyclic N) is 1. The maximum atomic E-state index is 14.5. The first-order valence-electron chi connectivity index (χ1n) is 9.69. The highest BCUT2D eigenvalue weighted by Gasteiger charge is 2.44. The van der Waals surface area contributed by atoms with Crippen LogP contribution in [0.3, 0.4) is 0 Å². The quantitative estimate of drug-likeness (QED) is 0.788. The van der Waals surface area contributed by atoms with Crippen molar-refractivity contribution in [2.24, 2.45) is 0 Å². The molecule has 1 aromatic heterocycles. The number of fused-ring (bicyclic) bond motifs is 2. The Balaban J connectivity index is 1.54. The van der Waals surface area contributed by atoms with Gasteiger partial charge >= 0.3 is 6.09 Å². The minimum atomic E-state index is -3.01. The fourth-order valence-electron chi connectivity index (χ4n) is 4.09. The molecule has 3 heterocycles. The lowest BCUT2D eigenvalue weighted by molar-refractivity contribution is -0.00597. The number of alkyl halides is 2. The number of methoxy groups -OCH3 is 1.